The fourth-order valence-corrected chi connectivity index (χ4v) is 2.21. The molecule has 0 spiro atoms. The van der Waals surface area contributed by atoms with E-state index in [9.17, 15) is 13.2 Å². The molecule has 0 radical (unpaired) electrons. The maximum Gasteiger partial charge on any atom is 0.232 e. The van der Waals surface area contributed by atoms with E-state index in [1.165, 1.54) is 0 Å². The van der Waals surface area contributed by atoms with Crippen LogP contribution in [-0.4, -0.2) is 38.4 Å². The van der Waals surface area contributed by atoms with Gasteiger partial charge in [0.15, 0.2) is 9.84 Å². The molecule has 5 nitrogen and oxygen atoms in total. The van der Waals surface area contributed by atoms with Crippen LogP contribution in [-0.2, 0) is 14.6 Å². The van der Waals surface area contributed by atoms with Gasteiger partial charge in [0.25, 0.3) is 0 Å². The molecule has 1 aliphatic rings. The zero-order valence-electron chi connectivity index (χ0n) is 5.91. The number of hydrogen-bond donors (Lipinski definition) is 2. The van der Waals surface area contributed by atoms with E-state index < -0.39 is 26.7 Å². The standard InChI is InChI=1S/C5H10N2O3S/c6-5(8)3-11(9,10)4-1-7-2-4/h4,7H,1-3H2,(H2,6,8). The summed E-state index contributed by atoms with van der Waals surface area (Å²) in [7, 11) is -3.26. The number of carbonyl (C=O) groups is 1. The van der Waals surface area contributed by atoms with Crippen molar-refractivity contribution in [1.82, 2.24) is 5.32 Å². The maximum atomic E-state index is 11.1. The molecular formula is C5H10N2O3S. The predicted octanol–water partition coefficient (Wildman–Crippen LogP) is -2.14. The second kappa shape index (κ2) is 2.78. The molecule has 0 atom stereocenters. The Hall–Kier alpha value is -0.620. The number of rotatable bonds is 3. The molecule has 0 aromatic heterocycles. The molecule has 0 unspecified atom stereocenters. The van der Waals surface area contributed by atoms with Crippen molar-refractivity contribution in [3.63, 3.8) is 0 Å². The number of sulfone groups is 1. The summed E-state index contributed by atoms with van der Waals surface area (Å²) in [5, 5.41) is 2.40. The highest BCUT2D eigenvalue weighted by molar-refractivity contribution is 7.92. The van der Waals surface area contributed by atoms with E-state index in [0.29, 0.717) is 13.1 Å². The lowest BCUT2D eigenvalue weighted by atomic mass is 10.3. The number of amides is 1. The maximum absolute atomic E-state index is 11.1. The summed E-state index contributed by atoms with van der Waals surface area (Å²) in [6.07, 6.45) is 0. The van der Waals surface area contributed by atoms with E-state index in [0.717, 1.165) is 0 Å². The lowest BCUT2D eigenvalue weighted by Crippen LogP contribution is -2.53. The third-order valence-corrected chi connectivity index (χ3v) is 3.63. The minimum atomic E-state index is -3.26. The quantitative estimate of drug-likeness (QED) is 0.516. The van der Waals surface area contributed by atoms with Gasteiger partial charge >= 0.3 is 0 Å². The van der Waals surface area contributed by atoms with Gasteiger partial charge in [-0.1, -0.05) is 0 Å². The van der Waals surface area contributed by atoms with Crippen LogP contribution in [0.5, 0.6) is 0 Å². The van der Waals surface area contributed by atoms with Crippen LogP contribution in [0.3, 0.4) is 0 Å². The van der Waals surface area contributed by atoms with Crippen LogP contribution in [0.1, 0.15) is 0 Å². The summed E-state index contributed by atoms with van der Waals surface area (Å²) in [6, 6.07) is 0. The summed E-state index contributed by atoms with van der Waals surface area (Å²) in [5.41, 5.74) is 4.76. The van der Waals surface area contributed by atoms with Gasteiger partial charge in [-0.25, -0.2) is 8.42 Å². The molecule has 0 bridgehead atoms. The highest BCUT2D eigenvalue weighted by atomic mass is 32.2. The van der Waals surface area contributed by atoms with Gasteiger partial charge < -0.3 is 11.1 Å². The molecule has 1 aliphatic heterocycles. The van der Waals surface area contributed by atoms with Gasteiger partial charge in [0.2, 0.25) is 5.91 Å². The number of carbonyl (C=O) groups excluding carboxylic acids is 1. The monoisotopic (exact) mass is 178 g/mol. The van der Waals surface area contributed by atoms with E-state index >= 15 is 0 Å². The van der Waals surface area contributed by atoms with E-state index in [2.05, 4.69) is 5.32 Å². The third kappa shape index (κ3) is 1.90. The molecule has 1 amide bonds. The predicted molar refractivity (Wildman–Crippen MR) is 39.6 cm³/mol. The number of primary amides is 1. The fraction of sp³-hybridized carbons (Fsp3) is 0.800. The van der Waals surface area contributed by atoms with Crippen molar-refractivity contribution in [2.24, 2.45) is 5.73 Å². The van der Waals surface area contributed by atoms with Gasteiger partial charge in [0, 0.05) is 13.1 Å². The molecule has 1 fully saturated rings. The van der Waals surface area contributed by atoms with Gasteiger partial charge in [-0.2, -0.15) is 0 Å². The Bertz CT molecular complexity index is 255. The minimum absolute atomic E-state index is 0.407. The average Bonchev–Trinajstić information content (AvgIpc) is 1.50. The molecule has 0 aliphatic carbocycles. The Morgan fingerprint density at radius 2 is 2.09 bits per heavy atom. The highest BCUT2D eigenvalue weighted by Gasteiger charge is 2.31. The normalized spacial score (nSPS) is 19.3. The molecule has 1 rings (SSSR count). The molecule has 6 heteroatoms. The number of hydrogen-bond acceptors (Lipinski definition) is 4. The Morgan fingerprint density at radius 1 is 1.55 bits per heavy atom. The zero-order chi connectivity index (χ0) is 8.48. The van der Waals surface area contributed by atoms with Crippen LogP contribution in [0.2, 0.25) is 0 Å². The molecule has 1 saturated heterocycles. The molecule has 3 N–H and O–H groups in total. The Labute approximate surface area is 64.9 Å². The second-order valence-electron chi connectivity index (χ2n) is 2.55. The summed E-state index contributed by atoms with van der Waals surface area (Å²) in [6.45, 7) is 0.880. The SMILES string of the molecule is NC(=O)CS(=O)(=O)C1CNC1. The lowest BCUT2D eigenvalue weighted by Gasteiger charge is -2.25. The van der Waals surface area contributed by atoms with Crippen molar-refractivity contribution in [2.75, 3.05) is 18.8 Å². The summed E-state index contributed by atoms with van der Waals surface area (Å²) in [4.78, 5) is 10.3. The molecule has 1 heterocycles. The smallest absolute Gasteiger partial charge is 0.232 e. The largest absolute Gasteiger partial charge is 0.369 e. The number of nitrogens with two attached hydrogens (primary N) is 1. The van der Waals surface area contributed by atoms with Gasteiger partial charge in [-0.15, -0.1) is 0 Å². The van der Waals surface area contributed by atoms with E-state index in [4.69, 9.17) is 5.73 Å². The van der Waals surface area contributed by atoms with E-state index in [-0.39, 0.29) is 0 Å². The van der Waals surface area contributed by atoms with Crippen molar-refractivity contribution < 1.29 is 13.2 Å². The van der Waals surface area contributed by atoms with Gasteiger partial charge in [-0.3, -0.25) is 4.79 Å². The topological polar surface area (TPSA) is 89.3 Å². The van der Waals surface area contributed by atoms with Crippen molar-refractivity contribution in [3.8, 4) is 0 Å². The van der Waals surface area contributed by atoms with Gasteiger partial charge in [0.1, 0.15) is 5.75 Å². The minimum Gasteiger partial charge on any atom is -0.369 e. The van der Waals surface area contributed by atoms with Crippen LogP contribution in [0, 0.1) is 0 Å². The summed E-state index contributed by atoms with van der Waals surface area (Å²) in [5.74, 6) is -1.31. The van der Waals surface area contributed by atoms with Gasteiger partial charge in [-0.05, 0) is 0 Å². The second-order valence-corrected chi connectivity index (χ2v) is 4.83. The van der Waals surface area contributed by atoms with E-state index in [1.807, 2.05) is 0 Å². The average molecular weight is 178 g/mol. The molecular weight excluding hydrogens is 168 g/mol. The first-order valence-corrected chi connectivity index (χ1v) is 4.94. The molecule has 0 aromatic carbocycles. The first-order valence-electron chi connectivity index (χ1n) is 3.23. The van der Waals surface area contributed by atoms with Crippen LogP contribution < -0.4 is 11.1 Å². The first kappa shape index (κ1) is 8.48. The lowest BCUT2D eigenvalue weighted by molar-refractivity contribution is -0.115. The third-order valence-electron chi connectivity index (χ3n) is 1.60. The van der Waals surface area contributed by atoms with Crippen molar-refractivity contribution in [1.29, 1.82) is 0 Å². The summed E-state index contributed by atoms with van der Waals surface area (Å²) >= 11 is 0. The zero-order valence-corrected chi connectivity index (χ0v) is 6.73. The van der Waals surface area contributed by atoms with Crippen LogP contribution in [0.25, 0.3) is 0 Å². The highest BCUT2D eigenvalue weighted by Crippen LogP contribution is 2.06. The van der Waals surface area contributed by atoms with Gasteiger partial charge in [0.05, 0.1) is 5.25 Å². The molecule has 64 valence electrons. The Kier molecular flexibility index (Phi) is 2.15. The fourth-order valence-electron chi connectivity index (χ4n) is 0.832. The Balaban J connectivity index is 2.59. The van der Waals surface area contributed by atoms with Crippen LogP contribution in [0.15, 0.2) is 0 Å². The van der Waals surface area contributed by atoms with Crippen molar-refractivity contribution in [2.45, 2.75) is 5.25 Å². The molecule has 0 aromatic rings. The Morgan fingerprint density at radius 3 is 2.36 bits per heavy atom. The van der Waals surface area contributed by atoms with Crippen LogP contribution >= 0.6 is 0 Å². The summed E-state index contributed by atoms with van der Waals surface area (Å²) < 4.78 is 22.2. The van der Waals surface area contributed by atoms with E-state index in [1.54, 1.807) is 0 Å². The number of nitrogens with one attached hydrogen (secondary N) is 1. The molecule has 0 saturated carbocycles. The molecule has 11 heavy (non-hydrogen) atoms. The van der Waals surface area contributed by atoms with Crippen molar-refractivity contribution in [3.05, 3.63) is 0 Å². The van der Waals surface area contributed by atoms with Crippen molar-refractivity contribution >= 4 is 15.7 Å². The first-order chi connectivity index (χ1) is 5.02. The van der Waals surface area contributed by atoms with Crippen LogP contribution in [0.4, 0.5) is 0 Å².